The summed E-state index contributed by atoms with van der Waals surface area (Å²) < 4.78 is 2.65. The molecule has 0 saturated heterocycles. The number of nitrogens with one attached hydrogen (secondary N) is 1. The van der Waals surface area contributed by atoms with Crippen molar-refractivity contribution in [3.63, 3.8) is 0 Å². The molecule has 1 amide bonds. The largest absolute Gasteiger partial charge is 0.344 e. The minimum atomic E-state index is -0.129. The van der Waals surface area contributed by atoms with Crippen molar-refractivity contribution in [3.05, 3.63) is 51.7 Å². The van der Waals surface area contributed by atoms with E-state index in [0.717, 1.165) is 11.0 Å². The van der Waals surface area contributed by atoms with E-state index < -0.39 is 0 Å². The summed E-state index contributed by atoms with van der Waals surface area (Å²) in [6.45, 7) is 2.76. The highest BCUT2D eigenvalue weighted by atomic mass is 79.9. The van der Waals surface area contributed by atoms with E-state index in [-0.39, 0.29) is 5.91 Å². The fourth-order valence-corrected chi connectivity index (χ4v) is 2.16. The Kier molecular flexibility index (Phi) is 4.09. The Hall–Kier alpha value is -1.26. The van der Waals surface area contributed by atoms with Crippen molar-refractivity contribution in [1.82, 2.24) is 4.57 Å². The Balaban J connectivity index is 2.19. The van der Waals surface area contributed by atoms with E-state index in [1.807, 2.05) is 23.8 Å². The lowest BCUT2D eigenvalue weighted by Gasteiger charge is -2.08. The van der Waals surface area contributed by atoms with Crippen LogP contribution in [0, 0.1) is 0 Å². The molecule has 0 radical (unpaired) electrons. The summed E-state index contributed by atoms with van der Waals surface area (Å²) >= 11 is 9.23. The Labute approximate surface area is 119 Å². The van der Waals surface area contributed by atoms with Crippen molar-refractivity contribution in [2.24, 2.45) is 0 Å². The van der Waals surface area contributed by atoms with Crippen LogP contribution in [0.4, 0.5) is 5.69 Å². The Bertz CT molecular complexity index is 580. The van der Waals surface area contributed by atoms with Crippen molar-refractivity contribution in [1.29, 1.82) is 0 Å². The summed E-state index contributed by atoms with van der Waals surface area (Å²) in [5.74, 6) is -0.129. The number of nitrogens with zero attached hydrogens (tertiary/aromatic N) is 1. The van der Waals surface area contributed by atoms with Gasteiger partial charge in [0.2, 0.25) is 0 Å². The first-order valence-corrected chi connectivity index (χ1v) is 6.70. The third-order valence-corrected chi connectivity index (χ3v) is 3.79. The molecule has 18 heavy (non-hydrogen) atoms. The highest BCUT2D eigenvalue weighted by molar-refractivity contribution is 9.10. The molecule has 0 atom stereocenters. The van der Waals surface area contributed by atoms with E-state index in [9.17, 15) is 4.79 Å². The lowest BCUT2D eigenvalue weighted by molar-refractivity contribution is 0.101. The van der Waals surface area contributed by atoms with Crippen LogP contribution in [0.5, 0.6) is 0 Å². The second kappa shape index (κ2) is 5.59. The molecule has 0 bridgehead atoms. The number of aromatic nitrogens is 1. The average molecular weight is 328 g/mol. The number of amides is 1. The normalized spacial score (nSPS) is 10.4. The lowest BCUT2D eigenvalue weighted by atomic mass is 10.3. The maximum atomic E-state index is 12.1. The fraction of sp³-hybridized carbons (Fsp3) is 0.154. The first-order valence-electron chi connectivity index (χ1n) is 5.53. The van der Waals surface area contributed by atoms with Crippen LogP contribution in [0.2, 0.25) is 5.02 Å². The number of benzene rings is 1. The van der Waals surface area contributed by atoms with Crippen LogP contribution in [0.1, 0.15) is 17.4 Å². The van der Waals surface area contributed by atoms with Gasteiger partial charge in [0.05, 0.1) is 5.02 Å². The van der Waals surface area contributed by atoms with Crippen LogP contribution in [0.15, 0.2) is 41.0 Å². The number of aryl methyl sites for hydroxylation is 1. The van der Waals surface area contributed by atoms with Crippen molar-refractivity contribution in [2.45, 2.75) is 13.5 Å². The highest BCUT2D eigenvalue weighted by Gasteiger charge is 2.10. The summed E-state index contributed by atoms with van der Waals surface area (Å²) in [5, 5.41) is 3.45. The van der Waals surface area contributed by atoms with Gasteiger partial charge in [-0.3, -0.25) is 4.79 Å². The zero-order chi connectivity index (χ0) is 13.1. The van der Waals surface area contributed by atoms with E-state index >= 15 is 0 Å². The van der Waals surface area contributed by atoms with Gasteiger partial charge in [0.25, 0.3) is 5.91 Å². The van der Waals surface area contributed by atoms with Gasteiger partial charge in [-0.25, -0.2) is 0 Å². The maximum absolute atomic E-state index is 12.1. The van der Waals surface area contributed by atoms with Crippen molar-refractivity contribution < 1.29 is 4.79 Å². The third-order valence-electron chi connectivity index (χ3n) is 2.58. The Morgan fingerprint density at radius 1 is 1.44 bits per heavy atom. The number of anilines is 1. The molecular weight excluding hydrogens is 316 g/mol. The van der Waals surface area contributed by atoms with Crippen LogP contribution >= 0.6 is 27.5 Å². The van der Waals surface area contributed by atoms with Crippen LogP contribution in [0.3, 0.4) is 0 Å². The number of hydrogen-bond donors (Lipinski definition) is 1. The third kappa shape index (κ3) is 2.76. The van der Waals surface area contributed by atoms with Crippen LogP contribution in [-0.2, 0) is 6.54 Å². The molecule has 94 valence electrons. The first kappa shape index (κ1) is 13.2. The average Bonchev–Trinajstić information content (AvgIpc) is 2.82. The lowest BCUT2D eigenvalue weighted by Crippen LogP contribution is -2.16. The number of carbonyl (C=O) groups is 1. The molecule has 2 aromatic rings. The zero-order valence-corrected chi connectivity index (χ0v) is 12.1. The molecular formula is C13H12BrClN2O. The van der Waals surface area contributed by atoms with Gasteiger partial charge in [-0.05, 0) is 53.2 Å². The topological polar surface area (TPSA) is 34.0 Å². The predicted octanol–water partition coefficient (Wildman–Crippen LogP) is 4.18. The zero-order valence-electron chi connectivity index (χ0n) is 9.78. The minimum absolute atomic E-state index is 0.129. The van der Waals surface area contributed by atoms with Crippen molar-refractivity contribution >= 4 is 39.1 Å². The van der Waals surface area contributed by atoms with Crippen LogP contribution < -0.4 is 5.32 Å². The van der Waals surface area contributed by atoms with Crippen molar-refractivity contribution in [2.75, 3.05) is 5.32 Å². The summed E-state index contributed by atoms with van der Waals surface area (Å²) in [7, 11) is 0. The molecule has 0 spiro atoms. The van der Waals surface area contributed by atoms with Gasteiger partial charge in [0, 0.05) is 22.9 Å². The minimum Gasteiger partial charge on any atom is -0.344 e. The molecule has 3 nitrogen and oxygen atoms in total. The first-order chi connectivity index (χ1) is 8.61. The summed E-state index contributed by atoms with van der Waals surface area (Å²) in [4.78, 5) is 12.1. The molecule has 1 aromatic carbocycles. The van der Waals surface area contributed by atoms with Gasteiger partial charge in [0.15, 0.2) is 0 Å². The van der Waals surface area contributed by atoms with Crippen LogP contribution in [0.25, 0.3) is 0 Å². The van der Waals surface area contributed by atoms with Gasteiger partial charge in [-0.1, -0.05) is 11.6 Å². The summed E-state index contributed by atoms with van der Waals surface area (Å²) in [5.41, 5.74) is 1.35. The quantitative estimate of drug-likeness (QED) is 0.901. The molecule has 0 aliphatic carbocycles. The Morgan fingerprint density at radius 2 is 2.22 bits per heavy atom. The molecule has 0 unspecified atom stereocenters. The highest BCUT2D eigenvalue weighted by Crippen LogP contribution is 2.25. The van der Waals surface area contributed by atoms with Gasteiger partial charge in [-0.15, -0.1) is 0 Å². The van der Waals surface area contributed by atoms with Gasteiger partial charge >= 0.3 is 0 Å². The van der Waals surface area contributed by atoms with Gasteiger partial charge in [0.1, 0.15) is 5.69 Å². The molecule has 0 saturated carbocycles. The van der Waals surface area contributed by atoms with Gasteiger partial charge < -0.3 is 9.88 Å². The van der Waals surface area contributed by atoms with E-state index in [1.165, 1.54) is 0 Å². The summed E-state index contributed by atoms with van der Waals surface area (Å²) in [6, 6.07) is 8.93. The maximum Gasteiger partial charge on any atom is 0.272 e. The van der Waals surface area contributed by atoms with E-state index in [2.05, 4.69) is 21.2 Å². The smallest absolute Gasteiger partial charge is 0.272 e. The predicted molar refractivity (Wildman–Crippen MR) is 77.2 cm³/mol. The molecule has 5 heteroatoms. The second-order valence-electron chi connectivity index (χ2n) is 3.76. The number of halogens is 2. The monoisotopic (exact) mass is 326 g/mol. The van der Waals surface area contributed by atoms with Crippen LogP contribution in [-0.4, -0.2) is 10.5 Å². The molecule has 1 N–H and O–H groups in total. The molecule has 0 aliphatic heterocycles. The molecule has 0 fully saturated rings. The van der Waals surface area contributed by atoms with Gasteiger partial charge in [-0.2, -0.15) is 0 Å². The van der Waals surface area contributed by atoms with E-state index in [4.69, 9.17) is 11.6 Å². The Morgan fingerprint density at radius 3 is 2.89 bits per heavy atom. The molecule has 0 aliphatic rings. The standard InChI is InChI=1S/C13H12BrClN2O/c1-2-17-7-3-4-12(17)13(18)16-9-5-6-11(15)10(14)8-9/h3-8H,2H2,1H3,(H,16,18). The van der Waals surface area contributed by atoms with E-state index in [0.29, 0.717) is 16.4 Å². The second-order valence-corrected chi connectivity index (χ2v) is 5.02. The molecule has 1 heterocycles. The summed E-state index contributed by atoms with van der Waals surface area (Å²) in [6.07, 6.45) is 1.88. The number of rotatable bonds is 3. The fourth-order valence-electron chi connectivity index (χ4n) is 1.66. The SMILES string of the molecule is CCn1cccc1C(=O)Nc1ccc(Cl)c(Br)c1. The van der Waals surface area contributed by atoms with E-state index in [1.54, 1.807) is 24.3 Å². The number of hydrogen-bond acceptors (Lipinski definition) is 1. The molecule has 1 aromatic heterocycles. The van der Waals surface area contributed by atoms with Crippen molar-refractivity contribution in [3.8, 4) is 0 Å². The molecule has 2 rings (SSSR count). The number of carbonyl (C=O) groups excluding carboxylic acids is 1.